The number of hydrogen-bond acceptors (Lipinski definition) is 3. The smallest absolute Gasteiger partial charge is 0.226 e. The van der Waals surface area contributed by atoms with Gasteiger partial charge in [-0.15, -0.1) is 0 Å². The van der Waals surface area contributed by atoms with Gasteiger partial charge < -0.3 is 15.4 Å². The first kappa shape index (κ1) is 24.4. The third-order valence-electron chi connectivity index (χ3n) is 4.56. The van der Waals surface area contributed by atoms with Crippen molar-refractivity contribution in [3.63, 3.8) is 0 Å². The topological polar surface area (TPSA) is 50.4 Å². The molecule has 0 bridgehead atoms. The summed E-state index contributed by atoms with van der Waals surface area (Å²) in [5.74, 6) is 1.06. The van der Waals surface area contributed by atoms with E-state index in [0.717, 1.165) is 5.69 Å². The van der Waals surface area contributed by atoms with Crippen LogP contribution in [0.5, 0.6) is 5.75 Å². The number of hydrogen-bond donors (Lipinski definition) is 2. The van der Waals surface area contributed by atoms with E-state index in [1.54, 1.807) is 18.2 Å². The molecule has 2 rings (SSSR count). The number of para-hydroxylation sites is 1. The van der Waals surface area contributed by atoms with E-state index in [9.17, 15) is 4.79 Å². The summed E-state index contributed by atoms with van der Waals surface area (Å²) in [6.07, 6.45) is 0.823. The maximum Gasteiger partial charge on any atom is 0.226 e. The molecule has 0 saturated heterocycles. The van der Waals surface area contributed by atoms with Crippen LogP contribution in [0.1, 0.15) is 63.5 Å². The standard InChI is InChI=1S/C23H28Cl2N2O2S/c1-14(2)17-7-5-8-18(15(3)4)22(17)27-23(30)26-21(28)9-6-12-29-20-11-10-16(24)13-19(20)25/h5,7-8,10-11,13-15H,6,9,12H2,1-4H3,(H2,26,27,28,30). The Kier molecular flexibility index (Phi) is 9.40. The van der Waals surface area contributed by atoms with Crippen LogP contribution in [0.2, 0.25) is 10.0 Å². The van der Waals surface area contributed by atoms with E-state index >= 15 is 0 Å². The highest BCUT2D eigenvalue weighted by Gasteiger charge is 2.15. The fourth-order valence-corrected chi connectivity index (χ4v) is 3.72. The molecule has 1 amide bonds. The maximum atomic E-state index is 12.3. The molecule has 2 N–H and O–H groups in total. The number of nitrogens with one attached hydrogen (secondary N) is 2. The molecular formula is C23H28Cl2N2O2S. The molecule has 0 aliphatic rings. The van der Waals surface area contributed by atoms with Gasteiger partial charge in [0.05, 0.1) is 11.6 Å². The van der Waals surface area contributed by atoms with Gasteiger partial charge in [-0.25, -0.2) is 0 Å². The predicted molar refractivity (Wildman–Crippen MR) is 130 cm³/mol. The zero-order chi connectivity index (χ0) is 22.3. The largest absolute Gasteiger partial charge is 0.492 e. The van der Waals surface area contributed by atoms with Gasteiger partial charge in [0.15, 0.2) is 5.11 Å². The lowest BCUT2D eigenvalue weighted by molar-refractivity contribution is -0.119. The molecule has 0 saturated carbocycles. The zero-order valence-corrected chi connectivity index (χ0v) is 20.0. The van der Waals surface area contributed by atoms with Gasteiger partial charge in [-0.05, 0) is 59.8 Å². The van der Waals surface area contributed by atoms with Gasteiger partial charge in [0, 0.05) is 17.1 Å². The van der Waals surface area contributed by atoms with Gasteiger partial charge in [0.2, 0.25) is 5.91 Å². The molecule has 0 spiro atoms. The average Bonchev–Trinajstić information content (AvgIpc) is 2.66. The number of carbonyl (C=O) groups excluding carboxylic acids is 1. The van der Waals surface area contributed by atoms with Crippen molar-refractivity contribution < 1.29 is 9.53 Å². The van der Waals surface area contributed by atoms with Crippen LogP contribution in [-0.4, -0.2) is 17.6 Å². The lowest BCUT2D eigenvalue weighted by Gasteiger charge is -2.21. The Bertz CT molecular complexity index is 875. The van der Waals surface area contributed by atoms with Gasteiger partial charge in [0.1, 0.15) is 5.75 Å². The molecule has 0 unspecified atom stereocenters. The Labute approximate surface area is 194 Å². The summed E-state index contributed by atoms with van der Waals surface area (Å²) < 4.78 is 5.61. The Morgan fingerprint density at radius 2 is 1.70 bits per heavy atom. The van der Waals surface area contributed by atoms with Crippen LogP contribution in [0.4, 0.5) is 5.69 Å². The maximum absolute atomic E-state index is 12.3. The third kappa shape index (κ3) is 7.15. The number of rotatable bonds is 8. The number of thiocarbonyl (C=S) groups is 1. The van der Waals surface area contributed by atoms with E-state index in [1.165, 1.54) is 11.1 Å². The Hall–Kier alpha value is -1.82. The van der Waals surface area contributed by atoms with Crippen molar-refractivity contribution in [1.29, 1.82) is 0 Å². The molecule has 0 heterocycles. The van der Waals surface area contributed by atoms with Gasteiger partial charge in [-0.3, -0.25) is 4.79 Å². The molecule has 0 aliphatic heterocycles. The molecule has 2 aromatic rings. The number of benzene rings is 2. The molecule has 4 nitrogen and oxygen atoms in total. The normalized spacial score (nSPS) is 10.9. The summed E-state index contributed by atoms with van der Waals surface area (Å²) in [5, 5.41) is 7.30. The van der Waals surface area contributed by atoms with Gasteiger partial charge >= 0.3 is 0 Å². The van der Waals surface area contributed by atoms with Gasteiger partial charge in [-0.2, -0.15) is 0 Å². The fourth-order valence-electron chi connectivity index (χ4n) is 3.04. The summed E-state index contributed by atoms with van der Waals surface area (Å²) in [7, 11) is 0. The van der Waals surface area contributed by atoms with Crippen LogP contribution in [0.15, 0.2) is 36.4 Å². The highest BCUT2D eigenvalue weighted by Crippen LogP contribution is 2.32. The summed E-state index contributed by atoms with van der Waals surface area (Å²) in [4.78, 5) is 12.3. The summed E-state index contributed by atoms with van der Waals surface area (Å²) in [6.45, 7) is 8.92. The minimum Gasteiger partial charge on any atom is -0.492 e. The molecule has 2 aromatic carbocycles. The molecule has 162 valence electrons. The highest BCUT2D eigenvalue weighted by molar-refractivity contribution is 7.80. The van der Waals surface area contributed by atoms with Crippen molar-refractivity contribution in [1.82, 2.24) is 5.32 Å². The van der Waals surface area contributed by atoms with Crippen LogP contribution in [-0.2, 0) is 4.79 Å². The predicted octanol–water partition coefficient (Wildman–Crippen LogP) is 6.91. The average molecular weight is 467 g/mol. The lowest BCUT2D eigenvalue weighted by atomic mass is 9.93. The van der Waals surface area contributed by atoms with Crippen LogP contribution in [0, 0.1) is 0 Å². The molecule has 7 heteroatoms. The SMILES string of the molecule is CC(C)c1cccc(C(C)C)c1NC(=S)NC(=O)CCCOc1ccc(Cl)cc1Cl. The summed E-state index contributed by atoms with van der Waals surface area (Å²) in [5.41, 5.74) is 3.32. The molecule has 0 radical (unpaired) electrons. The van der Waals surface area contributed by atoms with Crippen LogP contribution in [0.25, 0.3) is 0 Å². The highest BCUT2D eigenvalue weighted by atomic mass is 35.5. The second kappa shape index (κ2) is 11.5. The Balaban J connectivity index is 1.87. The zero-order valence-electron chi connectivity index (χ0n) is 17.7. The number of halogens is 2. The monoisotopic (exact) mass is 466 g/mol. The molecule has 0 aliphatic carbocycles. The third-order valence-corrected chi connectivity index (χ3v) is 5.30. The molecule has 0 fully saturated rings. The summed E-state index contributed by atoms with van der Waals surface area (Å²) >= 11 is 17.3. The first-order valence-electron chi connectivity index (χ1n) is 10.0. The molecule has 0 aromatic heterocycles. The molecular weight excluding hydrogens is 439 g/mol. The van der Waals surface area contributed by atoms with Gasteiger partial charge in [-0.1, -0.05) is 69.1 Å². The van der Waals surface area contributed by atoms with E-state index in [2.05, 4.69) is 56.5 Å². The quantitative estimate of drug-likeness (QED) is 0.327. The van der Waals surface area contributed by atoms with Crippen molar-refractivity contribution >= 4 is 52.1 Å². The minimum atomic E-state index is -0.161. The van der Waals surface area contributed by atoms with Crippen molar-refractivity contribution in [2.24, 2.45) is 0 Å². The first-order valence-corrected chi connectivity index (χ1v) is 11.2. The van der Waals surface area contributed by atoms with E-state index in [1.807, 2.05) is 0 Å². The lowest BCUT2D eigenvalue weighted by Crippen LogP contribution is -2.34. The fraction of sp³-hybridized carbons (Fsp3) is 0.391. The molecule has 30 heavy (non-hydrogen) atoms. The van der Waals surface area contributed by atoms with Crippen LogP contribution >= 0.6 is 35.4 Å². The summed E-state index contributed by atoms with van der Waals surface area (Å²) in [6, 6.07) is 11.3. The van der Waals surface area contributed by atoms with Crippen LogP contribution in [0.3, 0.4) is 0 Å². The van der Waals surface area contributed by atoms with Crippen molar-refractivity contribution in [3.05, 3.63) is 57.6 Å². The van der Waals surface area contributed by atoms with Crippen LogP contribution < -0.4 is 15.4 Å². The second-order valence-corrected chi connectivity index (χ2v) is 8.90. The number of amides is 1. The first-order chi connectivity index (χ1) is 14.2. The minimum absolute atomic E-state index is 0.161. The number of carbonyl (C=O) groups is 1. The van der Waals surface area contributed by atoms with E-state index in [4.69, 9.17) is 40.2 Å². The van der Waals surface area contributed by atoms with E-state index < -0.39 is 0 Å². The Morgan fingerprint density at radius 3 is 2.27 bits per heavy atom. The Morgan fingerprint density at radius 1 is 1.07 bits per heavy atom. The number of ether oxygens (including phenoxy) is 1. The molecule has 0 atom stereocenters. The van der Waals surface area contributed by atoms with Gasteiger partial charge in [0.25, 0.3) is 0 Å². The second-order valence-electron chi connectivity index (χ2n) is 7.65. The van der Waals surface area contributed by atoms with Crippen molar-refractivity contribution in [2.75, 3.05) is 11.9 Å². The van der Waals surface area contributed by atoms with Crippen molar-refractivity contribution in [3.8, 4) is 5.75 Å². The van der Waals surface area contributed by atoms with Crippen molar-refractivity contribution in [2.45, 2.75) is 52.4 Å². The number of anilines is 1. The van der Waals surface area contributed by atoms with E-state index in [0.29, 0.717) is 45.8 Å². The van der Waals surface area contributed by atoms with E-state index in [-0.39, 0.29) is 12.3 Å².